The lowest BCUT2D eigenvalue weighted by Gasteiger charge is -2.35. The highest BCUT2D eigenvalue weighted by atomic mass is 16.5. The zero-order chi connectivity index (χ0) is 51.4. The van der Waals surface area contributed by atoms with Crippen LogP contribution in [0.3, 0.4) is 0 Å². The molecule has 0 aliphatic rings. The number of rotatable bonds is 12. The third kappa shape index (κ3) is 8.70. The number of aromatic nitrogens is 4. The van der Waals surface area contributed by atoms with Crippen molar-refractivity contribution in [2.24, 2.45) is 0 Å². The maximum Gasteiger partial charge on any atom is 0.269 e. The van der Waals surface area contributed by atoms with Crippen LogP contribution in [0, 0.1) is 6.33 Å². The van der Waals surface area contributed by atoms with Crippen molar-refractivity contribution in [2.45, 2.75) is 84.0 Å². The second-order valence-electron chi connectivity index (χ2n) is 22.4. The number of para-hydroxylation sites is 1. The number of pyridine rings is 1. The van der Waals surface area contributed by atoms with Gasteiger partial charge in [-0.1, -0.05) is 214 Å². The number of hydrogen-bond acceptors (Lipinski definition) is 2. The molecule has 0 radical (unpaired) electrons. The van der Waals surface area contributed by atoms with Gasteiger partial charge in [-0.05, 0) is 105 Å². The van der Waals surface area contributed by atoms with Crippen LogP contribution < -0.4 is 9.30 Å². The van der Waals surface area contributed by atoms with E-state index in [0.29, 0.717) is 0 Å². The van der Waals surface area contributed by atoms with Crippen LogP contribution in [-0.2, 0) is 21.7 Å². The monoisotopic (exact) mass is 965 g/mol. The molecule has 0 saturated carbocycles. The SMILES string of the molecule is CC(C)(C)c1ccnc(-n2c3ccccc3c3ccc(Oc4cccc(-n5[c-][n+](-c6cc(-c7ccccc7)cc(C(C)(C)c7ccccc7)c6)c(C(C)(C)c6ccccc6)c5C(C)(C)c5ccccc5)c4)cc32)c1. The first-order valence-corrected chi connectivity index (χ1v) is 25.9. The van der Waals surface area contributed by atoms with E-state index < -0.39 is 10.8 Å². The molecule has 11 aromatic rings. The van der Waals surface area contributed by atoms with E-state index in [1.54, 1.807) is 0 Å². The van der Waals surface area contributed by atoms with Gasteiger partial charge in [-0.25, -0.2) is 4.98 Å². The summed E-state index contributed by atoms with van der Waals surface area (Å²) in [6.45, 7) is 20.8. The Morgan fingerprint density at radius 2 is 1.01 bits per heavy atom. The molecule has 0 spiro atoms. The van der Waals surface area contributed by atoms with Crippen LogP contribution in [0.5, 0.6) is 11.5 Å². The maximum atomic E-state index is 6.97. The van der Waals surface area contributed by atoms with Crippen molar-refractivity contribution in [3.63, 3.8) is 0 Å². The number of ether oxygens (including phenoxy) is 1. The van der Waals surface area contributed by atoms with Gasteiger partial charge in [0.15, 0.2) is 0 Å². The summed E-state index contributed by atoms with van der Waals surface area (Å²) in [5.74, 6) is 2.34. The highest BCUT2D eigenvalue weighted by Gasteiger charge is 2.40. The maximum absolute atomic E-state index is 6.97. The zero-order valence-electron chi connectivity index (χ0n) is 44.1. The smallest absolute Gasteiger partial charge is 0.269 e. The van der Waals surface area contributed by atoms with E-state index in [0.717, 1.165) is 67.6 Å². The van der Waals surface area contributed by atoms with E-state index >= 15 is 0 Å². The fourth-order valence-corrected chi connectivity index (χ4v) is 10.9. The van der Waals surface area contributed by atoms with Crippen LogP contribution >= 0.6 is 0 Å². The summed E-state index contributed by atoms with van der Waals surface area (Å²) in [5, 5.41) is 2.31. The molecule has 0 bridgehead atoms. The van der Waals surface area contributed by atoms with E-state index in [1.165, 1.54) is 33.2 Å². The summed E-state index contributed by atoms with van der Waals surface area (Å²) in [5.41, 5.74) is 13.4. The molecular formula is C69H64N4O. The van der Waals surface area contributed by atoms with Gasteiger partial charge in [-0.2, -0.15) is 0 Å². The fourth-order valence-electron chi connectivity index (χ4n) is 10.9. The van der Waals surface area contributed by atoms with Crippen molar-refractivity contribution in [1.82, 2.24) is 14.1 Å². The van der Waals surface area contributed by atoms with Crippen molar-refractivity contribution in [3.05, 3.63) is 270 Å². The quantitative estimate of drug-likeness (QED) is 0.0903. The number of benzene rings is 8. The molecule has 5 nitrogen and oxygen atoms in total. The Balaban J connectivity index is 1.13. The predicted octanol–water partition coefficient (Wildman–Crippen LogP) is 16.8. The molecule has 0 aliphatic carbocycles. The molecule has 5 heteroatoms. The molecule has 0 fully saturated rings. The van der Waals surface area contributed by atoms with Crippen molar-refractivity contribution >= 4 is 21.8 Å². The number of nitrogens with zero attached hydrogens (tertiary/aromatic N) is 4. The average Bonchev–Trinajstić information content (AvgIpc) is 4.01. The van der Waals surface area contributed by atoms with Crippen LogP contribution in [0.25, 0.3) is 50.1 Å². The van der Waals surface area contributed by atoms with Crippen molar-refractivity contribution < 1.29 is 9.30 Å². The first-order valence-electron chi connectivity index (χ1n) is 25.9. The van der Waals surface area contributed by atoms with E-state index in [4.69, 9.17) is 9.72 Å². The van der Waals surface area contributed by atoms with Crippen LogP contribution in [0.15, 0.2) is 225 Å². The molecule has 0 aliphatic heterocycles. The van der Waals surface area contributed by atoms with Gasteiger partial charge in [-0.15, -0.1) is 0 Å². The van der Waals surface area contributed by atoms with Crippen LogP contribution in [0.1, 0.15) is 102 Å². The topological polar surface area (TPSA) is 35.9 Å². The Labute approximate surface area is 437 Å². The molecule has 366 valence electrons. The highest BCUT2D eigenvalue weighted by molar-refractivity contribution is 6.09. The van der Waals surface area contributed by atoms with Gasteiger partial charge in [0, 0.05) is 39.3 Å². The number of hydrogen-bond donors (Lipinski definition) is 0. The summed E-state index contributed by atoms with van der Waals surface area (Å²) < 4.78 is 13.9. The molecule has 11 rings (SSSR count). The molecule has 0 amide bonds. The highest BCUT2D eigenvalue weighted by Crippen LogP contribution is 2.44. The van der Waals surface area contributed by atoms with Crippen LogP contribution in [0.2, 0.25) is 0 Å². The van der Waals surface area contributed by atoms with Gasteiger partial charge in [0.05, 0.1) is 33.8 Å². The van der Waals surface area contributed by atoms with Crippen molar-refractivity contribution in [2.75, 3.05) is 0 Å². The Bertz CT molecular complexity index is 3800. The Kier molecular flexibility index (Phi) is 12.1. The van der Waals surface area contributed by atoms with Crippen LogP contribution in [-0.4, -0.2) is 14.1 Å². The van der Waals surface area contributed by atoms with Gasteiger partial charge in [0.25, 0.3) is 6.33 Å². The molecule has 8 aromatic carbocycles. The minimum atomic E-state index is -0.513. The van der Waals surface area contributed by atoms with Gasteiger partial charge in [0.1, 0.15) is 17.3 Å². The summed E-state index contributed by atoms with van der Waals surface area (Å²) in [6.07, 6.45) is 6.00. The molecule has 0 unspecified atom stereocenters. The molecule has 3 heterocycles. The molecule has 0 atom stereocenters. The first-order chi connectivity index (χ1) is 35.6. The lowest BCUT2D eigenvalue weighted by molar-refractivity contribution is -0.611. The third-order valence-corrected chi connectivity index (χ3v) is 15.3. The Hall–Kier alpha value is -8.28. The minimum absolute atomic E-state index is 0.0329. The molecule has 3 aromatic heterocycles. The van der Waals surface area contributed by atoms with Crippen LogP contribution in [0.4, 0.5) is 0 Å². The third-order valence-electron chi connectivity index (χ3n) is 15.3. The Morgan fingerprint density at radius 1 is 0.432 bits per heavy atom. The lowest BCUT2D eigenvalue weighted by Crippen LogP contribution is -2.43. The number of imidazole rings is 1. The van der Waals surface area contributed by atoms with E-state index in [1.807, 2.05) is 12.3 Å². The average molecular weight is 965 g/mol. The zero-order valence-corrected chi connectivity index (χ0v) is 44.1. The summed E-state index contributed by atoms with van der Waals surface area (Å²) in [6, 6.07) is 78.3. The van der Waals surface area contributed by atoms with Gasteiger partial charge >= 0.3 is 0 Å². The summed E-state index contributed by atoms with van der Waals surface area (Å²) in [4.78, 5) is 4.94. The van der Waals surface area contributed by atoms with Gasteiger partial charge < -0.3 is 4.74 Å². The molecule has 74 heavy (non-hydrogen) atoms. The summed E-state index contributed by atoms with van der Waals surface area (Å²) >= 11 is 0. The molecule has 0 saturated heterocycles. The van der Waals surface area contributed by atoms with Gasteiger partial charge in [0.2, 0.25) is 0 Å². The molecular weight excluding hydrogens is 901 g/mol. The lowest BCUT2D eigenvalue weighted by atomic mass is 9.73. The Morgan fingerprint density at radius 3 is 1.68 bits per heavy atom. The normalized spacial score (nSPS) is 12.4. The minimum Gasteiger partial charge on any atom is -0.458 e. The number of fused-ring (bicyclic) bond motifs is 3. The van der Waals surface area contributed by atoms with E-state index in [2.05, 4.69) is 295 Å². The van der Waals surface area contributed by atoms with E-state index in [9.17, 15) is 0 Å². The van der Waals surface area contributed by atoms with Crippen molar-refractivity contribution in [1.29, 1.82) is 0 Å². The van der Waals surface area contributed by atoms with Gasteiger partial charge in [-0.3, -0.25) is 13.7 Å². The predicted molar refractivity (Wildman–Crippen MR) is 305 cm³/mol. The largest absolute Gasteiger partial charge is 0.458 e. The first kappa shape index (κ1) is 48.0. The molecule has 0 N–H and O–H groups in total. The summed E-state index contributed by atoms with van der Waals surface area (Å²) in [7, 11) is 0. The second-order valence-corrected chi connectivity index (χ2v) is 22.4. The second kappa shape index (κ2) is 18.6. The van der Waals surface area contributed by atoms with E-state index in [-0.39, 0.29) is 10.8 Å². The standard InChI is InChI=1S/C69H64N4O/c1-66(2,3)53-39-40-70-63(44-53)73-61-36-23-22-35-59(61)60-38-37-58(46-62(60)73)74-57-34-24-33-55(45-57)71-47-72(65(69(8,9)52-31-20-13-21-32-52)64(71)68(6,7)51-29-18-12-19-30-51)56-42-49(48-25-14-10-15-26-48)41-54(43-56)67(4,5)50-27-16-11-17-28-50/h10-46H,1-9H3. The van der Waals surface area contributed by atoms with Crippen molar-refractivity contribution in [3.8, 4) is 39.8 Å². The fraction of sp³-hybridized carbons (Fsp3) is 0.188.